The van der Waals surface area contributed by atoms with Gasteiger partial charge in [0.2, 0.25) is 11.8 Å². The van der Waals surface area contributed by atoms with Crippen LogP contribution in [0.25, 0.3) is 0 Å². The van der Waals surface area contributed by atoms with E-state index in [0.29, 0.717) is 11.1 Å². The first-order chi connectivity index (χ1) is 12.1. The summed E-state index contributed by atoms with van der Waals surface area (Å²) in [5.41, 5.74) is 1.41. The minimum Gasteiger partial charge on any atom is -0.368 e. The van der Waals surface area contributed by atoms with Gasteiger partial charge in [-0.15, -0.1) is 12.4 Å². The maximum Gasteiger partial charge on any atom is 0.264 e. The van der Waals surface area contributed by atoms with Crippen LogP contribution in [0.4, 0.5) is 5.69 Å². The highest BCUT2D eigenvalue weighted by Gasteiger charge is 2.46. The van der Waals surface area contributed by atoms with Crippen molar-refractivity contribution in [1.82, 2.24) is 15.5 Å². The monoisotopic (exact) mass is 378 g/mol. The minimum absolute atomic E-state index is 0. The first-order valence-electron chi connectivity index (χ1n) is 8.38. The Morgan fingerprint density at radius 3 is 2.42 bits per heavy atom. The van der Waals surface area contributed by atoms with Crippen molar-refractivity contribution in [1.29, 1.82) is 0 Å². The molecule has 2 saturated heterocycles. The summed E-state index contributed by atoms with van der Waals surface area (Å²) < 4.78 is 0. The molecule has 0 aliphatic carbocycles. The topological polar surface area (TPSA) is 98.8 Å². The summed E-state index contributed by atoms with van der Waals surface area (Å²) in [6.45, 7) is 3.11. The Hall–Kier alpha value is -2.45. The van der Waals surface area contributed by atoms with E-state index < -0.39 is 23.8 Å². The van der Waals surface area contributed by atoms with Gasteiger partial charge in [-0.2, -0.15) is 0 Å². The Balaban J connectivity index is 0.00000196. The lowest BCUT2D eigenvalue weighted by molar-refractivity contribution is -0.136. The minimum atomic E-state index is -0.930. The summed E-state index contributed by atoms with van der Waals surface area (Å²) in [6, 6.07) is 4.28. The standard InChI is InChI=1S/C17H18N4O4.ClH/c22-13-5-4-12(15(23)19-13)21-16(24)10-2-1-3-11(14(10)17(21)25)20-8-6-18-7-9-20;/h1-3,12,18H,4-9H2,(H,19,22,23);1H. The Kier molecular flexibility index (Phi) is 4.97. The lowest BCUT2D eigenvalue weighted by Crippen LogP contribution is -2.54. The molecule has 0 bridgehead atoms. The summed E-state index contributed by atoms with van der Waals surface area (Å²) >= 11 is 0. The predicted octanol–water partition coefficient (Wildman–Crippen LogP) is -0.0808. The predicted molar refractivity (Wildman–Crippen MR) is 95.4 cm³/mol. The normalized spacial score (nSPS) is 22.8. The number of imide groups is 2. The van der Waals surface area contributed by atoms with Gasteiger partial charge in [-0.1, -0.05) is 6.07 Å². The molecule has 2 fully saturated rings. The number of piperidine rings is 1. The number of hydrogen-bond acceptors (Lipinski definition) is 6. The molecule has 3 aliphatic rings. The lowest BCUT2D eigenvalue weighted by atomic mass is 10.0. The van der Waals surface area contributed by atoms with Crippen LogP contribution in [0.1, 0.15) is 33.6 Å². The number of halogens is 1. The molecule has 1 atom stereocenters. The molecule has 0 spiro atoms. The Labute approximate surface area is 156 Å². The number of nitrogens with zero attached hydrogens (tertiary/aromatic N) is 2. The second-order valence-corrected chi connectivity index (χ2v) is 6.38. The van der Waals surface area contributed by atoms with Gasteiger partial charge in [0.15, 0.2) is 0 Å². The van der Waals surface area contributed by atoms with Crippen molar-refractivity contribution in [2.45, 2.75) is 18.9 Å². The summed E-state index contributed by atoms with van der Waals surface area (Å²) in [4.78, 5) is 52.3. The molecule has 2 N–H and O–H groups in total. The number of benzene rings is 1. The molecule has 26 heavy (non-hydrogen) atoms. The van der Waals surface area contributed by atoms with E-state index in [4.69, 9.17) is 0 Å². The number of fused-ring (bicyclic) bond motifs is 1. The van der Waals surface area contributed by atoms with Crippen molar-refractivity contribution < 1.29 is 19.2 Å². The van der Waals surface area contributed by atoms with Crippen molar-refractivity contribution in [3.05, 3.63) is 29.3 Å². The van der Waals surface area contributed by atoms with Crippen LogP contribution in [0.15, 0.2) is 18.2 Å². The van der Waals surface area contributed by atoms with Crippen LogP contribution in [0.5, 0.6) is 0 Å². The average molecular weight is 379 g/mol. The molecule has 1 aromatic rings. The van der Waals surface area contributed by atoms with Crippen molar-refractivity contribution in [3.8, 4) is 0 Å². The zero-order chi connectivity index (χ0) is 17.6. The van der Waals surface area contributed by atoms with Gasteiger partial charge in [0.1, 0.15) is 6.04 Å². The third-order valence-corrected chi connectivity index (χ3v) is 4.90. The Bertz CT molecular complexity index is 791. The number of piperazine rings is 1. The fourth-order valence-corrected chi connectivity index (χ4v) is 3.67. The fourth-order valence-electron chi connectivity index (χ4n) is 3.67. The molecule has 8 nitrogen and oxygen atoms in total. The number of nitrogens with one attached hydrogen (secondary N) is 2. The van der Waals surface area contributed by atoms with E-state index in [2.05, 4.69) is 15.5 Å². The van der Waals surface area contributed by atoms with Crippen molar-refractivity contribution in [2.24, 2.45) is 0 Å². The second kappa shape index (κ2) is 7.05. The van der Waals surface area contributed by atoms with Crippen molar-refractivity contribution in [2.75, 3.05) is 31.1 Å². The molecule has 0 saturated carbocycles. The van der Waals surface area contributed by atoms with E-state index >= 15 is 0 Å². The van der Waals surface area contributed by atoms with Gasteiger partial charge < -0.3 is 10.2 Å². The van der Waals surface area contributed by atoms with Crippen LogP contribution < -0.4 is 15.5 Å². The van der Waals surface area contributed by atoms with Gasteiger partial charge in [-0.05, 0) is 18.6 Å². The molecule has 1 unspecified atom stereocenters. The molecule has 4 rings (SSSR count). The number of amides is 4. The van der Waals surface area contributed by atoms with Gasteiger partial charge in [0.25, 0.3) is 11.8 Å². The molecule has 3 heterocycles. The maximum absolute atomic E-state index is 13.0. The Morgan fingerprint density at radius 2 is 1.73 bits per heavy atom. The first kappa shape index (κ1) is 18.3. The van der Waals surface area contributed by atoms with Crippen molar-refractivity contribution >= 4 is 41.7 Å². The quantitative estimate of drug-likeness (QED) is 0.698. The van der Waals surface area contributed by atoms with E-state index in [1.165, 1.54) is 0 Å². The molecule has 0 aromatic heterocycles. The lowest BCUT2D eigenvalue weighted by Gasteiger charge is -2.31. The summed E-state index contributed by atoms with van der Waals surface area (Å²) in [6.07, 6.45) is 0.285. The van der Waals surface area contributed by atoms with E-state index in [1.807, 2.05) is 6.07 Å². The van der Waals surface area contributed by atoms with Crippen LogP contribution in [0.3, 0.4) is 0 Å². The molecule has 9 heteroatoms. The van der Waals surface area contributed by atoms with Crippen LogP contribution in [0.2, 0.25) is 0 Å². The van der Waals surface area contributed by atoms with Gasteiger partial charge >= 0.3 is 0 Å². The third kappa shape index (κ3) is 2.85. The smallest absolute Gasteiger partial charge is 0.264 e. The van der Waals surface area contributed by atoms with E-state index in [9.17, 15) is 19.2 Å². The van der Waals surface area contributed by atoms with Crippen LogP contribution >= 0.6 is 12.4 Å². The highest BCUT2D eigenvalue weighted by Crippen LogP contribution is 2.34. The van der Waals surface area contributed by atoms with Crippen molar-refractivity contribution in [3.63, 3.8) is 0 Å². The summed E-state index contributed by atoms with van der Waals surface area (Å²) in [5.74, 6) is -1.89. The number of carbonyl (C=O) groups excluding carboxylic acids is 4. The fraction of sp³-hybridized carbons (Fsp3) is 0.412. The zero-order valence-corrected chi connectivity index (χ0v) is 14.8. The molecule has 4 amide bonds. The highest BCUT2D eigenvalue weighted by molar-refractivity contribution is 6.25. The average Bonchev–Trinajstić information content (AvgIpc) is 2.87. The number of rotatable bonds is 2. The molecule has 0 radical (unpaired) electrons. The SMILES string of the molecule is Cl.O=C1CCC(N2C(=O)c3cccc(N4CCNCC4)c3C2=O)C(=O)N1. The molecular weight excluding hydrogens is 360 g/mol. The van der Waals surface area contributed by atoms with E-state index in [1.54, 1.807) is 12.1 Å². The zero-order valence-electron chi connectivity index (χ0n) is 14.0. The highest BCUT2D eigenvalue weighted by atomic mass is 35.5. The summed E-state index contributed by atoms with van der Waals surface area (Å²) in [5, 5.41) is 5.46. The van der Waals surface area contributed by atoms with E-state index in [-0.39, 0.29) is 31.2 Å². The second-order valence-electron chi connectivity index (χ2n) is 6.38. The largest absolute Gasteiger partial charge is 0.368 e. The molecule has 3 aliphatic heterocycles. The summed E-state index contributed by atoms with van der Waals surface area (Å²) in [7, 11) is 0. The van der Waals surface area contributed by atoms with Gasteiger partial charge in [0.05, 0.1) is 16.8 Å². The van der Waals surface area contributed by atoms with Gasteiger partial charge in [0, 0.05) is 32.6 Å². The molecule has 1 aromatic carbocycles. The van der Waals surface area contributed by atoms with Crippen LogP contribution in [-0.2, 0) is 9.59 Å². The van der Waals surface area contributed by atoms with Gasteiger partial charge in [-0.25, -0.2) is 0 Å². The Morgan fingerprint density at radius 1 is 1.00 bits per heavy atom. The van der Waals surface area contributed by atoms with Crippen LogP contribution in [0, 0.1) is 0 Å². The first-order valence-corrected chi connectivity index (χ1v) is 8.38. The maximum atomic E-state index is 13.0. The number of anilines is 1. The van der Waals surface area contributed by atoms with Crippen LogP contribution in [-0.4, -0.2) is 60.7 Å². The van der Waals surface area contributed by atoms with E-state index in [0.717, 1.165) is 36.8 Å². The number of hydrogen-bond donors (Lipinski definition) is 2. The third-order valence-electron chi connectivity index (χ3n) is 4.90. The molecular formula is C17H19ClN4O4. The van der Waals surface area contributed by atoms with Gasteiger partial charge in [-0.3, -0.25) is 29.4 Å². The molecule has 138 valence electrons. The number of carbonyl (C=O) groups is 4.